The van der Waals surface area contributed by atoms with Gasteiger partial charge in [-0.25, -0.2) is 4.98 Å². The molecule has 7 heteroatoms. The van der Waals surface area contributed by atoms with Gasteiger partial charge in [-0.2, -0.15) is 0 Å². The van der Waals surface area contributed by atoms with E-state index >= 15 is 0 Å². The van der Waals surface area contributed by atoms with Crippen LogP contribution in [0.25, 0.3) is 11.3 Å². The normalized spacial score (nSPS) is 14.5. The van der Waals surface area contributed by atoms with Gasteiger partial charge in [0.1, 0.15) is 5.75 Å². The Morgan fingerprint density at radius 2 is 1.84 bits per heavy atom. The van der Waals surface area contributed by atoms with Crippen LogP contribution in [0.2, 0.25) is 5.02 Å². The number of benzene rings is 2. The largest absolute Gasteiger partial charge is 0.494 e. The van der Waals surface area contributed by atoms with E-state index < -0.39 is 0 Å². The van der Waals surface area contributed by atoms with Crippen molar-refractivity contribution < 1.29 is 13.9 Å². The molecule has 0 spiro atoms. The van der Waals surface area contributed by atoms with E-state index in [1.807, 2.05) is 48.2 Å². The van der Waals surface area contributed by atoms with Crippen molar-refractivity contribution in [3.05, 3.63) is 71.2 Å². The van der Waals surface area contributed by atoms with Crippen molar-refractivity contribution in [1.82, 2.24) is 14.8 Å². The van der Waals surface area contributed by atoms with Crippen LogP contribution in [-0.2, 0) is 17.8 Å². The van der Waals surface area contributed by atoms with Gasteiger partial charge in [0.15, 0.2) is 11.7 Å². The molecule has 1 aromatic heterocycles. The number of rotatable bonds is 8. The van der Waals surface area contributed by atoms with E-state index in [1.165, 1.54) is 5.56 Å². The van der Waals surface area contributed by atoms with E-state index in [9.17, 15) is 4.79 Å². The lowest BCUT2D eigenvalue weighted by atomic mass is 10.2. The molecule has 168 valence electrons. The first kappa shape index (κ1) is 22.4. The Balaban J connectivity index is 1.22. The highest BCUT2D eigenvalue weighted by Gasteiger charge is 2.21. The summed E-state index contributed by atoms with van der Waals surface area (Å²) in [5.74, 6) is 2.23. The summed E-state index contributed by atoms with van der Waals surface area (Å²) in [5, 5.41) is 0.620. The molecule has 0 saturated carbocycles. The Bertz CT molecular complexity index is 1030. The molecule has 3 aromatic rings. The molecule has 1 aliphatic rings. The predicted octanol–water partition coefficient (Wildman–Crippen LogP) is 4.67. The molecule has 0 aliphatic carbocycles. The molecule has 2 aromatic carbocycles. The van der Waals surface area contributed by atoms with Gasteiger partial charge in [0, 0.05) is 51.1 Å². The fourth-order valence-corrected chi connectivity index (χ4v) is 4.08. The molecule has 6 nitrogen and oxygen atoms in total. The number of aryl methyl sites for hydroxylation is 1. The summed E-state index contributed by atoms with van der Waals surface area (Å²) in [5.41, 5.74) is 2.06. The number of amides is 1. The van der Waals surface area contributed by atoms with Gasteiger partial charge in [0.05, 0.1) is 17.8 Å². The van der Waals surface area contributed by atoms with E-state index in [-0.39, 0.29) is 5.91 Å². The second-order valence-electron chi connectivity index (χ2n) is 7.83. The number of ether oxygens (including phenoxy) is 1. The van der Waals surface area contributed by atoms with Gasteiger partial charge in [-0.15, -0.1) is 0 Å². The minimum Gasteiger partial charge on any atom is -0.494 e. The smallest absolute Gasteiger partial charge is 0.223 e. The van der Waals surface area contributed by atoms with Gasteiger partial charge in [0.25, 0.3) is 0 Å². The minimum atomic E-state index is 0.142. The summed E-state index contributed by atoms with van der Waals surface area (Å²) >= 11 is 6.22. The summed E-state index contributed by atoms with van der Waals surface area (Å²) < 4.78 is 11.3. The Kier molecular flexibility index (Phi) is 7.45. The second kappa shape index (κ2) is 10.7. The van der Waals surface area contributed by atoms with Crippen molar-refractivity contribution >= 4 is 17.5 Å². The summed E-state index contributed by atoms with van der Waals surface area (Å²) in [6.07, 6.45) is 2.54. The molecule has 0 unspecified atom stereocenters. The van der Waals surface area contributed by atoms with E-state index in [4.69, 9.17) is 20.8 Å². The third-order valence-corrected chi connectivity index (χ3v) is 5.94. The van der Waals surface area contributed by atoms with Crippen molar-refractivity contribution in [2.75, 3.05) is 32.8 Å². The average Bonchev–Trinajstić information content (AvgIpc) is 3.28. The van der Waals surface area contributed by atoms with Crippen molar-refractivity contribution in [3.8, 4) is 17.1 Å². The standard InChI is InChI=1S/C25H28ClN3O3/c1-2-31-20-9-7-19(8-10-20)18-28-13-15-29(16-14-28)25(30)12-11-24-27-17-23(32-24)21-5-3-4-6-22(21)26/h3-10,17H,2,11-16,18H2,1H3. The Morgan fingerprint density at radius 1 is 1.09 bits per heavy atom. The summed E-state index contributed by atoms with van der Waals surface area (Å²) in [6, 6.07) is 15.7. The van der Waals surface area contributed by atoms with Crippen molar-refractivity contribution in [2.24, 2.45) is 0 Å². The molecule has 1 fully saturated rings. The number of hydrogen-bond acceptors (Lipinski definition) is 5. The Labute approximate surface area is 193 Å². The zero-order valence-electron chi connectivity index (χ0n) is 18.3. The molecule has 1 saturated heterocycles. The number of hydrogen-bond donors (Lipinski definition) is 0. The molecule has 0 atom stereocenters. The van der Waals surface area contributed by atoms with Crippen molar-refractivity contribution in [2.45, 2.75) is 26.3 Å². The molecular formula is C25H28ClN3O3. The van der Waals surface area contributed by atoms with Crippen LogP contribution >= 0.6 is 11.6 Å². The van der Waals surface area contributed by atoms with Crippen LogP contribution < -0.4 is 4.74 Å². The van der Waals surface area contributed by atoms with Gasteiger partial charge < -0.3 is 14.1 Å². The summed E-state index contributed by atoms with van der Waals surface area (Å²) in [7, 11) is 0. The van der Waals surface area contributed by atoms with Crippen LogP contribution in [0.15, 0.2) is 59.1 Å². The fourth-order valence-electron chi connectivity index (χ4n) is 3.85. The lowest BCUT2D eigenvalue weighted by molar-refractivity contribution is -0.133. The van der Waals surface area contributed by atoms with Crippen LogP contribution in [0.4, 0.5) is 0 Å². The Morgan fingerprint density at radius 3 is 2.56 bits per heavy atom. The van der Waals surface area contributed by atoms with Gasteiger partial charge in [-0.05, 0) is 36.8 Å². The van der Waals surface area contributed by atoms with Crippen LogP contribution in [0.3, 0.4) is 0 Å². The summed E-state index contributed by atoms with van der Waals surface area (Å²) in [4.78, 5) is 21.3. The first-order chi connectivity index (χ1) is 15.6. The van der Waals surface area contributed by atoms with E-state index in [0.717, 1.165) is 44.0 Å². The van der Waals surface area contributed by atoms with Crippen molar-refractivity contribution in [3.63, 3.8) is 0 Å². The highest BCUT2D eigenvalue weighted by molar-refractivity contribution is 6.33. The molecule has 1 aliphatic heterocycles. The molecule has 2 heterocycles. The van der Waals surface area contributed by atoms with Crippen LogP contribution in [0.1, 0.15) is 24.8 Å². The maximum atomic E-state index is 12.7. The quantitative estimate of drug-likeness (QED) is 0.496. The van der Waals surface area contributed by atoms with Crippen molar-refractivity contribution in [1.29, 1.82) is 0 Å². The number of carbonyl (C=O) groups excluding carboxylic acids is 1. The van der Waals surface area contributed by atoms with Gasteiger partial charge in [-0.1, -0.05) is 35.9 Å². The average molecular weight is 454 g/mol. The van der Waals surface area contributed by atoms with Crippen LogP contribution in [-0.4, -0.2) is 53.5 Å². The molecule has 0 radical (unpaired) electrons. The molecule has 1 amide bonds. The fraction of sp³-hybridized carbons (Fsp3) is 0.360. The first-order valence-corrected chi connectivity index (χ1v) is 11.4. The zero-order chi connectivity index (χ0) is 22.3. The molecule has 0 N–H and O–H groups in total. The molecule has 0 bridgehead atoms. The minimum absolute atomic E-state index is 0.142. The van der Waals surface area contributed by atoms with Gasteiger partial charge in [0.2, 0.25) is 5.91 Å². The van der Waals surface area contributed by atoms with Gasteiger partial charge in [-0.3, -0.25) is 9.69 Å². The number of oxazole rings is 1. The van der Waals surface area contributed by atoms with Crippen LogP contribution in [0, 0.1) is 0 Å². The topological polar surface area (TPSA) is 58.8 Å². The Hall–Kier alpha value is -2.83. The number of carbonyl (C=O) groups is 1. The number of piperazine rings is 1. The SMILES string of the molecule is CCOc1ccc(CN2CCN(C(=O)CCc3ncc(-c4ccccc4Cl)o3)CC2)cc1. The molecule has 4 rings (SSSR count). The zero-order valence-corrected chi connectivity index (χ0v) is 19.1. The second-order valence-corrected chi connectivity index (χ2v) is 8.24. The van der Waals surface area contributed by atoms with E-state index in [0.29, 0.717) is 36.1 Å². The number of halogens is 1. The number of aromatic nitrogens is 1. The van der Waals surface area contributed by atoms with Gasteiger partial charge >= 0.3 is 0 Å². The lowest BCUT2D eigenvalue weighted by Gasteiger charge is -2.34. The first-order valence-electron chi connectivity index (χ1n) is 11.0. The third kappa shape index (κ3) is 5.69. The van der Waals surface area contributed by atoms with E-state index in [1.54, 1.807) is 6.20 Å². The monoisotopic (exact) mass is 453 g/mol. The maximum Gasteiger partial charge on any atom is 0.223 e. The maximum absolute atomic E-state index is 12.7. The summed E-state index contributed by atoms with van der Waals surface area (Å²) in [6.45, 7) is 6.77. The number of nitrogens with zero attached hydrogens (tertiary/aromatic N) is 3. The molecule has 32 heavy (non-hydrogen) atoms. The highest BCUT2D eigenvalue weighted by Crippen LogP contribution is 2.28. The molecular weight excluding hydrogens is 426 g/mol. The third-order valence-electron chi connectivity index (χ3n) is 5.61. The predicted molar refractivity (Wildman–Crippen MR) is 125 cm³/mol. The lowest BCUT2D eigenvalue weighted by Crippen LogP contribution is -2.48. The highest BCUT2D eigenvalue weighted by atomic mass is 35.5. The van der Waals surface area contributed by atoms with E-state index in [2.05, 4.69) is 22.0 Å². The van der Waals surface area contributed by atoms with Crippen LogP contribution in [0.5, 0.6) is 5.75 Å².